The SMILES string of the molecule is C[C@H](Cc1ccccc1Cl)NC(=O)c1cc(F)ccc1F. The highest BCUT2D eigenvalue weighted by atomic mass is 35.5. The van der Waals surface area contributed by atoms with E-state index in [0.29, 0.717) is 11.4 Å². The summed E-state index contributed by atoms with van der Waals surface area (Å²) in [6.45, 7) is 1.78. The summed E-state index contributed by atoms with van der Waals surface area (Å²) in [7, 11) is 0. The minimum atomic E-state index is -0.751. The normalized spacial score (nSPS) is 12.0. The van der Waals surface area contributed by atoms with Crippen LogP contribution in [0.15, 0.2) is 42.5 Å². The van der Waals surface area contributed by atoms with Crippen LogP contribution in [-0.4, -0.2) is 11.9 Å². The molecule has 2 rings (SSSR count). The second-order valence-corrected chi connectivity index (χ2v) is 5.20. The van der Waals surface area contributed by atoms with Gasteiger partial charge in [0.1, 0.15) is 11.6 Å². The van der Waals surface area contributed by atoms with Gasteiger partial charge in [0.25, 0.3) is 5.91 Å². The van der Waals surface area contributed by atoms with Crippen molar-refractivity contribution in [2.45, 2.75) is 19.4 Å². The van der Waals surface area contributed by atoms with Crippen molar-refractivity contribution in [2.75, 3.05) is 0 Å². The van der Waals surface area contributed by atoms with Crippen LogP contribution in [0.4, 0.5) is 8.78 Å². The molecule has 0 saturated heterocycles. The van der Waals surface area contributed by atoms with Gasteiger partial charge < -0.3 is 5.32 Å². The first-order valence-corrected chi connectivity index (χ1v) is 6.84. The number of hydrogen-bond donors (Lipinski definition) is 1. The smallest absolute Gasteiger partial charge is 0.254 e. The van der Waals surface area contributed by atoms with Crippen LogP contribution >= 0.6 is 11.6 Å². The number of benzene rings is 2. The molecule has 110 valence electrons. The lowest BCUT2D eigenvalue weighted by Crippen LogP contribution is -2.34. The lowest BCUT2D eigenvalue weighted by molar-refractivity contribution is 0.0935. The first kappa shape index (κ1) is 15.4. The van der Waals surface area contributed by atoms with Crippen molar-refractivity contribution in [1.29, 1.82) is 0 Å². The van der Waals surface area contributed by atoms with Gasteiger partial charge in [0.2, 0.25) is 0 Å². The fourth-order valence-electron chi connectivity index (χ4n) is 2.02. The summed E-state index contributed by atoms with van der Waals surface area (Å²) in [6, 6.07) is 9.81. The highest BCUT2D eigenvalue weighted by molar-refractivity contribution is 6.31. The molecule has 2 aromatic rings. The second-order valence-electron chi connectivity index (χ2n) is 4.79. The third kappa shape index (κ3) is 4.02. The van der Waals surface area contributed by atoms with Crippen LogP contribution in [0.2, 0.25) is 5.02 Å². The Morgan fingerprint density at radius 2 is 1.95 bits per heavy atom. The lowest BCUT2D eigenvalue weighted by Gasteiger charge is -2.15. The highest BCUT2D eigenvalue weighted by Crippen LogP contribution is 2.17. The standard InChI is InChI=1S/C16H14ClF2NO/c1-10(8-11-4-2-3-5-14(11)17)20-16(21)13-9-12(18)6-7-15(13)19/h2-7,9-10H,8H2,1H3,(H,20,21)/t10-/m1/s1. The number of rotatable bonds is 4. The summed E-state index contributed by atoms with van der Waals surface area (Å²) in [5.74, 6) is -2.05. The van der Waals surface area contributed by atoms with E-state index in [1.54, 1.807) is 13.0 Å². The minimum absolute atomic E-state index is 0.264. The predicted molar refractivity (Wildman–Crippen MR) is 78.4 cm³/mol. The van der Waals surface area contributed by atoms with Gasteiger partial charge in [0.05, 0.1) is 5.56 Å². The Morgan fingerprint density at radius 3 is 2.67 bits per heavy atom. The average molecular weight is 310 g/mol. The summed E-state index contributed by atoms with van der Waals surface area (Å²) < 4.78 is 26.6. The molecule has 0 unspecified atom stereocenters. The Labute approximate surface area is 126 Å². The van der Waals surface area contributed by atoms with E-state index < -0.39 is 17.5 Å². The summed E-state index contributed by atoms with van der Waals surface area (Å²) in [5, 5.41) is 3.24. The Bertz CT molecular complexity index is 660. The van der Waals surface area contributed by atoms with Crippen molar-refractivity contribution in [3.63, 3.8) is 0 Å². The van der Waals surface area contributed by atoms with Gasteiger partial charge in [-0.15, -0.1) is 0 Å². The molecular weight excluding hydrogens is 296 g/mol. The van der Waals surface area contributed by atoms with E-state index in [2.05, 4.69) is 5.32 Å². The quantitative estimate of drug-likeness (QED) is 0.909. The summed E-state index contributed by atoms with van der Waals surface area (Å²) in [4.78, 5) is 12.0. The van der Waals surface area contributed by atoms with E-state index in [-0.39, 0.29) is 11.6 Å². The molecule has 1 atom stereocenters. The maximum atomic E-state index is 13.5. The average Bonchev–Trinajstić information content (AvgIpc) is 2.44. The fourth-order valence-corrected chi connectivity index (χ4v) is 2.23. The summed E-state index contributed by atoms with van der Waals surface area (Å²) >= 11 is 6.05. The minimum Gasteiger partial charge on any atom is -0.349 e. The van der Waals surface area contributed by atoms with Gasteiger partial charge >= 0.3 is 0 Å². The van der Waals surface area contributed by atoms with Crippen LogP contribution < -0.4 is 5.32 Å². The van der Waals surface area contributed by atoms with Crippen LogP contribution in [-0.2, 0) is 6.42 Å². The molecule has 0 radical (unpaired) electrons. The number of hydrogen-bond acceptors (Lipinski definition) is 1. The van der Waals surface area contributed by atoms with E-state index in [9.17, 15) is 13.6 Å². The molecule has 21 heavy (non-hydrogen) atoms. The van der Waals surface area contributed by atoms with E-state index in [4.69, 9.17) is 11.6 Å². The largest absolute Gasteiger partial charge is 0.349 e. The summed E-state index contributed by atoms with van der Waals surface area (Å²) in [6.07, 6.45) is 0.502. The maximum absolute atomic E-state index is 13.5. The number of halogens is 3. The molecule has 5 heteroatoms. The first-order chi connectivity index (χ1) is 9.97. The van der Waals surface area contributed by atoms with Crippen molar-refractivity contribution in [2.24, 2.45) is 0 Å². The molecule has 0 aliphatic carbocycles. The van der Waals surface area contributed by atoms with Crippen molar-refractivity contribution in [3.8, 4) is 0 Å². The van der Waals surface area contributed by atoms with Gasteiger partial charge in [-0.3, -0.25) is 4.79 Å². The fraction of sp³-hybridized carbons (Fsp3) is 0.188. The monoisotopic (exact) mass is 309 g/mol. The molecule has 0 bridgehead atoms. The molecule has 0 spiro atoms. The zero-order chi connectivity index (χ0) is 15.4. The van der Waals surface area contributed by atoms with Crippen molar-refractivity contribution >= 4 is 17.5 Å². The number of nitrogens with one attached hydrogen (secondary N) is 1. The van der Waals surface area contributed by atoms with E-state index in [1.165, 1.54) is 0 Å². The van der Waals surface area contributed by atoms with Crippen LogP contribution in [0.1, 0.15) is 22.8 Å². The van der Waals surface area contributed by atoms with Crippen molar-refractivity contribution in [1.82, 2.24) is 5.32 Å². The molecule has 0 aliphatic rings. The van der Waals surface area contributed by atoms with Crippen molar-refractivity contribution in [3.05, 3.63) is 70.2 Å². The lowest BCUT2D eigenvalue weighted by atomic mass is 10.1. The molecule has 0 aromatic heterocycles. The third-order valence-electron chi connectivity index (χ3n) is 3.03. The summed E-state index contributed by atoms with van der Waals surface area (Å²) in [5.41, 5.74) is 0.577. The molecule has 2 nitrogen and oxygen atoms in total. The van der Waals surface area contributed by atoms with Crippen LogP contribution in [0.5, 0.6) is 0 Å². The van der Waals surface area contributed by atoms with Crippen molar-refractivity contribution < 1.29 is 13.6 Å². The van der Waals surface area contributed by atoms with Gasteiger partial charge in [-0.25, -0.2) is 8.78 Å². The Balaban J connectivity index is 2.06. The Kier molecular flexibility index (Phi) is 4.91. The van der Waals surface area contributed by atoms with Crippen LogP contribution in [0.3, 0.4) is 0 Å². The molecule has 0 heterocycles. The number of carbonyl (C=O) groups excluding carboxylic acids is 1. The topological polar surface area (TPSA) is 29.1 Å². The van der Waals surface area contributed by atoms with E-state index in [0.717, 1.165) is 23.8 Å². The molecule has 0 saturated carbocycles. The number of carbonyl (C=O) groups is 1. The maximum Gasteiger partial charge on any atom is 0.254 e. The van der Waals surface area contributed by atoms with Gasteiger partial charge in [-0.2, -0.15) is 0 Å². The van der Waals surface area contributed by atoms with Crippen LogP contribution in [0, 0.1) is 11.6 Å². The molecule has 0 aliphatic heterocycles. The number of amides is 1. The second kappa shape index (κ2) is 6.68. The molecule has 1 amide bonds. The predicted octanol–water partition coefficient (Wildman–Crippen LogP) is 3.98. The van der Waals surface area contributed by atoms with Crippen LogP contribution in [0.25, 0.3) is 0 Å². The molecular formula is C16H14ClF2NO. The van der Waals surface area contributed by atoms with E-state index >= 15 is 0 Å². The zero-order valence-electron chi connectivity index (χ0n) is 11.4. The van der Waals surface area contributed by atoms with Gasteiger partial charge in [-0.05, 0) is 43.2 Å². The van der Waals surface area contributed by atoms with Gasteiger partial charge in [0.15, 0.2) is 0 Å². The molecule has 0 fully saturated rings. The first-order valence-electron chi connectivity index (χ1n) is 6.46. The third-order valence-corrected chi connectivity index (χ3v) is 3.40. The Hall–Kier alpha value is -1.94. The van der Waals surface area contributed by atoms with Gasteiger partial charge in [-0.1, -0.05) is 29.8 Å². The molecule has 2 aromatic carbocycles. The Morgan fingerprint density at radius 1 is 1.24 bits per heavy atom. The van der Waals surface area contributed by atoms with E-state index in [1.807, 2.05) is 18.2 Å². The van der Waals surface area contributed by atoms with Gasteiger partial charge in [0, 0.05) is 11.1 Å². The highest BCUT2D eigenvalue weighted by Gasteiger charge is 2.15. The molecule has 1 N–H and O–H groups in total. The zero-order valence-corrected chi connectivity index (χ0v) is 12.1.